The second kappa shape index (κ2) is 11.1. The van der Waals surface area contributed by atoms with Crippen LogP contribution < -0.4 is 0 Å². The van der Waals surface area contributed by atoms with E-state index in [1.165, 1.54) is 4.31 Å². The van der Waals surface area contributed by atoms with E-state index in [9.17, 15) is 21.6 Å². The van der Waals surface area contributed by atoms with Crippen molar-refractivity contribution in [2.24, 2.45) is 5.92 Å². The number of carbonyl (C=O) groups excluding carboxylic acids is 1. The van der Waals surface area contributed by atoms with Crippen LogP contribution in [0.15, 0.2) is 11.8 Å². The molecule has 3 rings (SSSR count). The van der Waals surface area contributed by atoms with Crippen molar-refractivity contribution in [2.75, 3.05) is 58.3 Å². The minimum atomic E-state index is -3.78. The van der Waals surface area contributed by atoms with E-state index in [0.29, 0.717) is 25.0 Å². The summed E-state index contributed by atoms with van der Waals surface area (Å²) in [4.78, 5) is 17.3. The number of nitrogens with zero attached hydrogens (tertiary/aromatic N) is 4. The Morgan fingerprint density at radius 1 is 1.06 bits per heavy atom. The van der Waals surface area contributed by atoms with Crippen LogP contribution in [0.1, 0.15) is 26.2 Å². The van der Waals surface area contributed by atoms with Crippen LogP contribution in [0.25, 0.3) is 0 Å². The molecular formula is C18H34Cl2N4O5S2. The molecule has 3 aliphatic rings. The quantitative estimate of drug-likeness (QED) is 0.461. The number of likely N-dealkylation sites (N-methyl/N-ethyl adjacent to an activating group) is 1. The molecule has 0 bridgehead atoms. The third-order valence-electron chi connectivity index (χ3n) is 5.99. The van der Waals surface area contributed by atoms with Crippen molar-refractivity contribution in [1.82, 2.24) is 18.4 Å². The average molecular weight is 522 g/mol. The number of sulfonamides is 2. The third kappa shape index (κ3) is 6.13. The van der Waals surface area contributed by atoms with E-state index >= 15 is 0 Å². The monoisotopic (exact) mass is 520 g/mol. The Morgan fingerprint density at radius 2 is 1.68 bits per heavy atom. The lowest BCUT2D eigenvalue weighted by Gasteiger charge is -2.32. The minimum Gasteiger partial charge on any atom is -0.304 e. The maximum Gasteiger partial charge on any atom is 0.245 e. The van der Waals surface area contributed by atoms with Gasteiger partial charge >= 0.3 is 0 Å². The molecule has 2 atom stereocenters. The highest BCUT2D eigenvalue weighted by Crippen LogP contribution is 2.41. The first-order chi connectivity index (χ1) is 13.6. The Labute approximate surface area is 198 Å². The normalized spacial score (nSPS) is 25.7. The summed E-state index contributed by atoms with van der Waals surface area (Å²) in [5.74, 6) is -1.15. The Bertz CT molecular complexity index is 873. The SMILES string of the molecule is CCC[C@H]1C(=O)N(S(C)(=O)=O)C2=CCN(S(=O)(=O)CCCN3CCN(C)CC3)[C@@H]21.Cl.Cl. The second-order valence-corrected chi connectivity index (χ2v) is 12.1. The highest BCUT2D eigenvalue weighted by Gasteiger charge is 2.54. The van der Waals surface area contributed by atoms with Crippen molar-refractivity contribution in [1.29, 1.82) is 0 Å². The Morgan fingerprint density at radius 3 is 2.23 bits per heavy atom. The number of fused-ring (bicyclic) bond motifs is 1. The van der Waals surface area contributed by atoms with E-state index < -0.39 is 37.9 Å². The summed E-state index contributed by atoms with van der Waals surface area (Å²) in [5.41, 5.74) is 0.304. The number of carbonyl (C=O) groups is 1. The molecule has 0 aromatic heterocycles. The fourth-order valence-corrected chi connectivity index (χ4v) is 7.14. The Kier molecular flexibility index (Phi) is 10.3. The summed E-state index contributed by atoms with van der Waals surface area (Å²) in [7, 11) is -5.30. The van der Waals surface area contributed by atoms with Crippen LogP contribution in [0, 0.1) is 5.92 Å². The molecule has 2 saturated heterocycles. The van der Waals surface area contributed by atoms with Gasteiger partial charge < -0.3 is 9.80 Å². The molecule has 0 saturated carbocycles. The van der Waals surface area contributed by atoms with Gasteiger partial charge in [-0.2, -0.15) is 4.31 Å². The standard InChI is InChI=1S/C18H32N4O5S2.2ClH/c1-4-6-15-17-16(22(18(15)23)28(3,24)25)7-9-21(17)29(26,27)14-5-8-20-12-10-19(2)11-13-20;;/h7,15,17H,4-6,8-14H2,1-3H3;2*1H/t15-,17-;;/m1../s1. The van der Waals surface area contributed by atoms with E-state index in [2.05, 4.69) is 16.8 Å². The number of halogens is 2. The van der Waals surface area contributed by atoms with Crippen molar-refractivity contribution in [2.45, 2.75) is 32.2 Å². The smallest absolute Gasteiger partial charge is 0.245 e. The molecule has 0 unspecified atom stereocenters. The van der Waals surface area contributed by atoms with Gasteiger partial charge in [-0.05, 0) is 32.5 Å². The molecule has 0 aliphatic carbocycles. The molecule has 0 spiro atoms. The van der Waals surface area contributed by atoms with Gasteiger partial charge in [0.25, 0.3) is 0 Å². The topological polar surface area (TPSA) is 98.3 Å². The van der Waals surface area contributed by atoms with Gasteiger partial charge in [-0.25, -0.2) is 21.1 Å². The molecular weight excluding hydrogens is 487 g/mol. The lowest BCUT2D eigenvalue weighted by Crippen LogP contribution is -2.45. The van der Waals surface area contributed by atoms with Crippen molar-refractivity contribution in [3.05, 3.63) is 11.8 Å². The second-order valence-electron chi connectivity index (χ2n) is 8.22. The highest BCUT2D eigenvalue weighted by molar-refractivity contribution is 7.89. The predicted octanol–water partition coefficient (Wildman–Crippen LogP) is 0.584. The third-order valence-corrected chi connectivity index (χ3v) is 8.94. The van der Waals surface area contributed by atoms with Gasteiger partial charge in [0.05, 0.1) is 29.7 Å². The lowest BCUT2D eigenvalue weighted by molar-refractivity contribution is -0.127. The van der Waals surface area contributed by atoms with E-state index in [1.54, 1.807) is 6.08 Å². The van der Waals surface area contributed by atoms with E-state index in [-0.39, 0.29) is 37.1 Å². The van der Waals surface area contributed by atoms with Crippen LogP contribution in [-0.2, 0) is 24.8 Å². The van der Waals surface area contributed by atoms with Crippen LogP contribution in [0.5, 0.6) is 0 Å². The molecule has 0 radical (unpaired) electrons. The molecule has 0 aromatic rings. The zero-order valence-electron chi connectivity index (χ0n) is 18.3. The maximum absolute atomic E-state index is 13.1. The van der Waals surface area contributed by atoms with Gasteiger partial charge in [-0.3, -0.25) is 4.79 Å². The summed E-state index contributed by atoms with van der Waals surface area (Å²) < 4.78 is 52.6. The van der Waals surface area contributed by atoms with Crippen LogP contribution >= 0.6 is 24.8 Å². The molecule has 3 heterocycles. The molecule has 0 N–H and O–H groups in total. The average Bonchev–Trinajstić information content (AvgIpc) is 3.15. The van der Waals surface area contributed by atoms with E-state index in [4.69, 9.17) is 0 Å². The summed E-state index contributed by atoms with van der Waals surface area (Å²) in [6, 6.07) is -0.703. The van der Waals surface area contributed by atoms with E-state index in [1.807, 2.05) is 6.92 Å². The van der Waals surface area contributed by atoms with Crippen LogP contribution in [0.4, 0.5) is 0 Å². The molecule has 3 aliphatic heterocycles. The van der Waals surface area contributed by atoms with Gasteiger partial charge in [0.15, 0.2) is 0 Å². The zero-order valence-corrected chi connectivity index (χ0v) is 21.5. The molecule has 9 nitrogen and oxygen atoms in total. The number of hydrogen-bond donors (Lipinski definition) is 0. The van der Waals surface area contributed by atoms with Crippen molar-refractivity contribution in [3.63, 3.8) is 0 Å². The van der Waals surface area contributed by atoms with E-state index in [0.717, 1.165) is 43.3 Å². The Balaban J connectivity index is 0.00000240. The van der Waals surface area contributed by atoms with Crippen molar-refractivity contribution in [3.8, 4) is 0 Å². The van der Waals surface area contributed by atoms with Crippen LogP contribution in [0.2, 0.25) is 0 Å². The fraction of sp³-hybridized carbons (Fsp3) is 0.833. The lowest BCUT2D eigenvalue weighted by atomic mass is 9.97. The molecule has 182 valence electrons. The van der Waals surface area contributed by atoms with Crippen LogP contribution in [-0.4, -0.2) is 106 Å². The molecule has 2 fully saturated rings. The molecule has 13 heteroatoms. The van der Waals surface area contributed by atoms with Crippen LogP contribution in [0.3, 0.4) is 0 Å². The van der Waals surface area contributed by atoms with Gasteiger partial charge in [-0.1, -0.05) is 13.3 Å². The first kappa shape index (κ1) is 28.6. The van der Waals surface area contributed by atoms with Gasteiger partial charge in [-0.15, -0.1) is 24.8 Å². The van der Waals surface area contributed by atoms with Crippen molar-refractivity contribution >= 4 is 50.8 Å². The highest BCUT2D eigenvalue weighted by atomic mass is 35.5. The van der Waals surface area contributed by atoms with Crippen molar-refractivity contribution < 1.29 is 21.6 Å². The molecule has 1 amide bonds. The fourth-order valence-electron chi connectivity index (χ4n) is 4.48. The molecule has 31 heavy (non-hydrogen) atoms. The summed E-state index contributed by atoms with van der Waals surface area (Å²) in [6.45, 7) is 6.58. The maximum atomic E-state index is 13.1. The summed E-state index contributed by atoms with van der Waals surface area (Å²) in [6.07, 6.45) is 4.23. The summed E-state index contributed by atoms with van der Waals surface area (Å²) >= 11 is 0. The zero-order chi connectivity index (χ0) is 21.4. The number of rotatable bonds is 8. The largest absolute Gasteiger partial charge is 0.304 e. The number of hydrogen-bond acceptors (Lipinski definition) is 7. The number of amides is 1. The predicted molar refractivity (Wildman–Crippen MR) is 126 cm³/mol. The van der Waals surface area contributed by atoms with Gasteiger partial charge in [0.1, 0.15) is 0 Å². The molecule has 0 aromatic carbocycles. The summed E-state index contributed by atoms with van der Waals surface area (Å²) in [5, 5.41) is 0. The first-order valence-corrected chi connectivity index (χ1v) is 13.7. The minimum absolute atomic E-state index is 0. The van der Waals surface area contributed by atoms with Gasteiger partial charge in [0.2, 0.25) is 26.0 Å². The first-order valence-electron chi connectivity index (χ1n) is 10.2. The Hall–Kier alpha value is -0.430. The van der Waals surface area contributed by atoms with Gasteiger partial charge in [0, 0.05) is 32.7 Å². The number of piperazine rings is 1.